The van der Waals surface area contributed by atoms with Gasteiger partial charge in [0.25, 0.3) is 11.8 Å². The van der Waals surface area contributed by atoms with Crippen LogP contribution in [0.15, 0.2) is 35.1 Å². The molecule has 0 atom stereocenters. The largest absolute Gasteiger partial charge is 0.467 e. The van der Waals surface area contributed by atoms with Gasteiger partial charge in [-0.15, -0.1) is 11.3 Å². The van der Waals surface area contributed by atoms with Crippen molar-refractivity contribution in [2.75, 3.05) is 5.32 Å². The summed E-state index contributed by atoms with van der Waals surface area (Å²) in [5.41, 5.74) is 2.11. The van der Waals surface area contributed by atoms with Gasteiger partial charge in [0.15, 0.2) is 0 Å². The maximum Gasteiger partial charge on any atom is 0.274 e. The van der Waals surface area contributed by atoms with Crippen LogP contribution in [-0.2, 0) is 25.9 Å². The number of aryl methyl sites for hydroxylation is 2. The minimum atomic E-state index is -0.255. The van der Waals surface area contributed by atoms with Gasteiger partial charge in [0.1, 0.15) is 16.5 Å². The SMILES string of the molecule is CCn1nccc1C(=O)Nc1sc2c(c1C(=O)NCc1ccco1)CCC2. The van der Waals surface area contributed by atoms with E-state index in [4.69, 9.17) is 4.42 Å². The van der Waals surface area contributed by atoms with Gasteiger partial charge >= 0.3 is 0 Å². The van der Waals surface area contributed by atoms with Gasteiger partial charge in [0.2, 0.25) is 0 Å². The first kappa shape index (κ1) is 17.5. The molecule has 140 valence electrons. The van der Waals surface area contributed by atoms with Gasteiger partial charge in [-0.1, -0.05) is 0 Å². The number of nitrogens with zero attached hydrogens (tertiary/aromatic N) is 2. The van der Waals surface area contributed by atoms with Crippen LogP contribution >= 0.6 is 11.3 Å². The summed E-state index contributed by atoms with van der Waals surface area (Å²) in [7, 11) is 0. The Morgan fingerprint density at radius 3 is 2.96 bits per heavy atom. The second-order valence-electron chi connectivity index (χ2n) is 6.31. The molecule has 2 amide bonds. The molecule has 0 aliphatic heterocycles. The van der Waals surface area contributed by atoms with Crippen LogP contribution in [0.3, 0.4) is 0 Å². The van der Waals surface area contributed by atoms with Crippen LogP contribution in [0.1, 0.15) is 50.4 Å². The fourth-order valence-electron chi connectivity index (χ4n) is 3.35. The monoisotopic (exact) mass is 384 g/mol. The van der Waals surface area contributed by atoms with E-state index in [1.807, 2.05) is 13.0 Å². The van der Waals surface area contributed by atoms with Crippen LogP contribution in [0.2, 0.25) is 0 Å². The van der Waals surface area contributed by atoms with Crippen LogP contribution in [0.5, 0.6) is 0 Å². The van der Waals surface area contributed by atoms with Gasteiger partial charge in [-0.2, -0.15) is 5.10 Å². The van der Waals surface area contributed by atoms with Crippen LogP contribution in [0, 0.1) is 0 Å². The molecule has 0 spiro atoms. The predicted octanol–water partition coefficient (Wildman–Crippen LogP) is 3.23. The zero-order valence-corrected chi connectivity index (χ0v) is 15.8. The van der Waals surface area contributed by atoms with Gasteiger partial charge < -0.3 is 15.1 Å². The third-order valence-corrected chi connectivity index (χ3v) is 5.83. The summed E-state index contributed by atoms with van der Waals surface area (Å²) in [6, 6.07) is 5.27. The van der Waals surface area contributed by atoms with E-state index in [9.17, 15) is 9.59 Å². The Morgan fingerprint density at radius 1 is 1.30 bits per heavy atom. The van der Waals surface area contributed by atoms with Gasteiger partial charge in [0, 0.05) is 17.6 Å². The molecule has 1 aliphatic rings. The Bertz CT molecular complexity index is 971. The average molecular weight is 384 g/mol. The summed E-state index contributed by atoms with van der Waals surface area (Å²) in [5.74, 6) is 0.243. The number of nitrogens with one attached hydrogen (secondary N) is 2. The number of carbonyl (C=O) groups is 2. The summed E-state index contributed by atoms with van der Waals surface area (Å²) < 4.78 is 6.90. The molecule has 3 heterocycles. The molecule has 0 fully saturated rings. The van der Waals surface area contributed by atoms with Crippen molar-refractivity contribution in [2.45, 2.75) is 39.3 Å². The lowest BCUT2D eigenvalue weighted by Gasteiger charge is -2.09. The van der Waals surface area contributed by atoms with E-state index in [0.717, 1.165) is 24.8 Å². The Kier molecular flexibility index (Phi) is 4.81. The number of hydrogen-bond donors (Lipinski definition) is 2. The minimum Gasteiger partial charge on any atom is -0.467 e. The Hall–Kier alpha value is -2.87. The summed E-state index contributed by atoms with van der Waals surface area (Å²) in [4.78, 5) is 26.7. The highest BCUT2D eigenvalue weighted by Gasteiger charge is 2.28. The van der Waals surface area contributed by atoms with Crippen molar-refractivity contribution in [3.8, 4) is 0 Å². The molecule has 27 heavy (non-hydrogen) atoms. The number of fused-ring (bicyclic) bond motifs is 1. The first-order valence-electron chi connectivity index (χ1n) is 8.95. The summed E-state index contributed by atoms with van der Waals surface area (Å²) in [5, 5.41) is 10.6. The second kappa shape index (κ2) is 7.40. The molecule has 8 heteroatoms. The van der Waals surface area contributed by atoms with Crippen LogP contribution in [0.4, 0.5) is 5.00 Å². The van der Waals surface area contributed by atoms with E-state index < -0.39 is 0 Å². The maximum atomic E-state index is 12.9. The predicted molar refractivity (Wildman–Crippen MR) is 102 cm³/mol. The third kappa shape index (κ3) is 3.40. The Balaban J connectivity index is 1.57. The Morgan fingerprint density at radius 2 is 2.19 bits per heavy atom. The number of furan rings is 1. The van der Waals surface area contributed by atoms with Crippen molar-refractivity contribution in [1.82, 2.24) is 15.1 Å². The smallest absolute Gasteiger partial charge is 0.274 e. The highest BCUT2D eigenvalue weighted by Crippen LogP contribution is 2.39. The lowest BCUT2D eigenvalue weighted by Crippen LogP contribution is -2.25. The molecular formula is C19H20N4O3S. The number of anilines is 1. The lowest BCUT2D eigenvalue weighted by molar-refractivity contribution is 0.0948. The third-order valence-electron chi connectivity index (χ3n) is 4.63. The summed E-state index contributed by atoms with van der Waals surface area (Å²) in [6.45, 7) is 2.84. The number of hydrogen-bond acceptors (Lipinski definition) is 5. The van der Waals surface area contributed by atoms with Gasteiger partial charge in [0.05, 0.1) is 18.4 Å². The first-order valence-corrected chi connectivity index (χ1v) is 9.77. The quantitative estimate of drug-likeness (QED) is 0.683. The molecule has 4 rings (SSSR count). The molecule has 0 unspecified atom stereocenters. The Labute approximate surface area is 160 Å². The van der Waals surface area contributed by atoms with Crippen molar-refractivity contribution in [1.29, 1.82) is 0 Å². The molecule has 7 nitrogen and oxygen atoms in total. The highest BCUT2D eigenvalue weighted by molar-refractivity contribution is 7.17. The van der Waals surface area contributed by atoms with E-state index in [1.54, 1.807) is 29.3 Å². The van der Waals surface area contributed by atoms with Crippen molar-refractivity contribution in [3.63, 3.8) is 0 Å². The number of aromatic nitrogens is 2. The molecule has 0 radical (unpaired) electrons. The average Bonchev–Trinajstić information content (AvgIpc) is 3.42. The van der Waals surface area contributed by atoms with E-state index in [1.165, 1.54) is 16.2 Å². The van der Waals surface area contributed by atoms with Crippen LogP contribution in [-0.4, -0.2) is 21.6 Å². The minimum absolute atomic E-state index is 0.190. The van der Waals surface area contributed by atoms with Crippen molar-refractivity contribution < 1.29 is 14.0 Å². The summed E-state index contributed by atoms with van der Waals surface area (Å²) >= 11 is 1.49. The number of thiophene rings is 1. The maximum absolute atomic E-state index is 12.9. The lowest BCUT2D eigenvalue weighted by atomic mass is 10.1. The zero-order valence-electron chi connectivity index (χ0n) is 14.9. The first-order chi connectivity index (χ1) is 13.2. The zero-order chi connectivity index (χ0) is 18.8. The van der Waals surface area contributed by atoms with Gasteiger partial charge in [-0.25, -0.2) is 0 Å². The topological polar surface area (TPSA) is 89.2 Å². The number of carbonyl (C=O) groups excluding carboxylic acids is 2. The standard InChI is InChI=1S/C19H20N4O3S/c1-2-23-14(8-9-21-23)17(24)22-19-16(13-6-3-7-15(13)27-19)18(25)20-11-12-5-4-10-26-12/h4-5,8-10H,2-3,6-7,11H2,1H3,(H,20,25)(H,22,24). The number of amides is 2. The molecule has 0 saturated heterocycles. The van der Waals surface area contributed by atoms with Gasteiger partial charge in [-0.05, 0) is 49.9 Å². The molecular weight excluding hydrogens is 364 g/mol. The fraction of sp³-hybridized carbons (Fsp3) is 0.316. The van der Waals surface area contributed by atoms with Crippen molar-refractivity contribution in [3.05, 3.63) is 58.1 Å². The molecule has 1 aliphatic carbocycles. The molecule has 3 aromatic rings. The van der Waals surface area contributed by atoms with Gasteiger partial charge in [-0.3, -0.25) is 14.3 Å². The van der Waals surface area contributed by atoms with E-state index in [0.29, 0.717) is 35.1 Å². The van der Waals surface area contributed by atoms with Crippen molar-refractivity contribution >= 4 is 28.2 Å². The molecule has 0 bridgehead atoms. The fourth-order valence-corrected chi connectivity index (χ4v) is 4.63. The van der Waals surface area contributed by atoms with E-state index in [-0.39, 0.29) is 11.8 Å². The summed E-state index contributed by atoms with van der Waals surface area (Å²) in [6.07, 6.45) is 6.02. The molecule has 2 N–H and O–H groups in total. The highest BCUT2D eigenvalue weighted by atomic mass is 32.1. The van der Waals surface area contributed by atoms with Crippen LogP contribution < -0.4 is 10.6 Å². The number of rotatable bonds is 6. The van der Waals surface area contributed by atoms with E-state index >= 15 is 0 Å². The molecule has 0 saturated carbocycles. The normalized spacial score (nSPS) is 12.8. The molecule has 0 aromatic carbocycles. The van der Waals surface area contributed by atoms with Crippen molar-refractivity contribution in [2.24, 2.45) is 0 Å². The van der Waals surface area contributed by atoms with E-state index in [2.05, 4.69) is 15.7 Å². The molecule has 3 aromatic heterocycles. The van der Waals surface area contributed by atoms with Crippen LogP contribution in [0.25, 0.3) is 0 Å². The second-order valence-corrected chi connectivity index (χ2v) is 7.42.